The molecule has 0 aliphatic carbocycles. The van der Waals surface area contributed by atoms with Gasteiger partial charge in [-0.05, 0) is 30.7 Å². The molecule has 0 aliphatic rings. The Hall–Kier alpha value is -2.76. The Morgan fingerprint density at radius 1 is 1.17 bits per heavy atom. The third-order valence-corrected chi connectivity index (χ3v) is 3.84. The lowest BCUT2D eigenvalue weighted by atomic mass is 10.1. The number of aryl methyl sites for hydroxylation is 1. The van der Waals surface area contributed by atoms with Crippen LogP contribution in [-0.2, 0) is 12.7 Å². The zero-order valence-corrected chi connectivity index (χ0v) is 12.8. The molecule has 3 nitrogen and oxygen atoms in total. The van der Waals surface area contributed by atoms with Crippen molar-refractivity contribution in [2.45, 2.75) is 19.6 Å². The predicted molar refractivity (Wildman–Crippen MR) is 84.2 cm³/mol. The summed E-state index contributed by atoms with van der Waals surface area (Å²) in [7, 11) is 0. The lowest BCUT2D eigenvalue weighted by Gasteiger charge is -2.12. The molecule has 1 heterocycles. The molecule has 0 saturated heterocycles. The predicted octanol–water partition coefficient (Wildman–Crippen LogP) is 4.72. The summed E-state index contributed by atoms with van der Waals surface area (Å²) >= 11 is 0. The number of hydrogen-bond acceptors (Lipinski definition) is 1. The molecular weight excluding hydrogens is 319 g/mol. The summed E-state index contributed by atoms with van der Waals surface area (Å²) in [6.45, 7) is 1.77. The lowest BCUT2D eigenvalue weighted by Crippen LogP contribution is -2.07. The first kappa shape index (κ1) is 16.1. The molecule has 3 aromatic rings. The number of benzene rings is 2. The minimum atomic E-state index is -4.41. The highest BCUT2D eigenvalue weighted by Crippen LogP contribution is 2.31. The molecule has 0 atom stereocenters. The van der Waals surface area contributed by atoms with Crippen molar-refractivity contribution in [2.24, 2.45) is 0 Å². The molecule has 0 amide bonds. The van der Waals surface area contributed by atoms with Gasteiger partial charge in [-0.3, -0.25) is 0 Å². The van der Waals surface area contributed by atoms with Gasteiger partial charge in [0.2, 0.25) is 0 Å². The van der Waals surface area contributed by atoms with E-state index in [-0.39, 0.29) is 12.1 Å². The fourth-order valence-electron chi connectivity index (χ4n) is 2.86. The van der Waals surface area contributed by atoms with E-state index in [1.54, 1.807) is 41.8 Å². The molecule has 124 valence electrons. The van der Waals surface area contributed by atoms with E-state index in [9.17, 15) is 23.1 Å². The third kappa shape index (κ3) is 2.99. The van der Waals surface area contributed by atoms with Crippen molar-refractivity contribution in [3.05, 3.63) is 70.9 Å². The minimum absolute atomic E-state index is 0.134. The molecule has 3 rings (SSSR count). The van der Waals surface area contributed by atoms with Crippen LogP contribution in [-0.4, -0.2) is 15.6 Å². The fraction of sp³-hybridized carbons (Fsp3) is 0.167. The van der Waals surface area contributed by atoms with Crippen LogP contribution in [0.25, 0.3) is 10.9 Å². The number of halogens is 3. The van der Waals surface area contributed by atoms with Gasteiger partial charge < -0.3 is 9.67 Å². The summed E-state index contributed by atoms with van der Waals surface area (Å²) in [5, 5.41) is 9.86. The van der Waals surface area contributed by atoms with E-state index >= 15 is 0 Å². The van der Waals surface area contributed by atoms with Crippen LogP contribution in [0.15, 0.2) is 48.7 Å². The van der Waals surface area contributed by atoms with Crippen LogP contribution in [0.4, 0.5) is 13.2 Å². The van der Waals surface area contributed by atoms with Crippen LogP contribution in [0.5, 0.6) is 0 Å². The summed E-state index contributed by atoms with van der Waals surface area (Å²) in [6, 6.07) is 10.8. The fourth-order valence-corrected chi connectivity index (χ4v) is 2.86. The average molecular weight is 333 g/mol. The van der Waals surface area contributed by atoms with Crippen LogP contribution in [0.2, 0.25) is 0 Å². The number of nitrogens with zero attached hydrogens (tertiary/aromatic N) is 1. The van der Waals surface area contributed by atoms with Gasteiger partial charge in [0.25, 0.3) is 0 Å². The van der Waals surface area contributed by atoms with Crippen molar-refractivity contribution in [2.75, 3.05) is 0 Å². The quantitative estimate of drug-likeness (QED) is 0.754. The van der Waals surface area contributed by atoms with Gasteiger partial charge in [-0.25, -0.2) is 4.79 Å². The highest BCUT2D eigenvalue weighted by molar-refractivity contribution is 6.03. The summed E-state index contributed by atoms with van der Waals surface area (Å²) in [5.74, 6) is -1.06. The minimum Gasteiger partial charge on any atom is -0.478 e. The van der Waals surface area contributed by atoms with Gasteiger partial charge in [-0.1, -0.05) is 29.8 Å². The number of hydrogen-bond donors (Lipinski definition) is 1. The maximum Gasteiger partial charge on any atom is 0.416 e. The Labute approximate surface area is 136 Å². The number of alkyl halides is 3. The van der Waals surface area contributed by atoms with Crippen LogP contribution < -0.4 is 0 Å². The number of carbonyl (C=O) groups is 1. The van der Waals surface area contributed by atoms with Crippen molar-refractivity contribution in [3.63, 3.8) is 0 Å². The Bertz CT molecular complexity index is 926. The van der Waals surface area contributed by atoms with Crippen molar-refractivity contribution in [1.82, 2.24) is 4.57 Å². The number of aromatic carboxylic acids is 1. The van der Waals surface area contributed by atoms with Gasteiger partial charge in [0.05, 0.1) is 11.1 Å². The van der Waals surface area contributed by atoms with Crippen LogP contribution in [0, 0.1) is 6.92 Å². The van der Waals surface area contributed by atoms with Gasteiger partial charge in [-0.15, -0.1) is 0 Å². The van der Waals surface area contributed by atoms with Crippen molar-refractivity contribution >= 4 is 16.9 Å². The topological polar surface area (TPSA) is 42.2 Å². The van der Waals surface area contributed by atoms with E-state index in [2.05, 4.69) is 0 Å². The van der Waals surface area contributed by atoms with E-state index in [1.807, 2.05) is 0 Å². The zero-order chi connectivity index (χ0) is 17.5. The molecular formula is C18H14F3NO2. The van der Waals surface area contributed by atoms with E-state index in [4.69, 9.17) is 0 Å². The second-order valence-corrected chi connectivity index (χ2v) is 5.70. The Balaban J connectivity index is 2.08. The van der Waals surface area contributed by atoms with E-state index in [1.165, 1.54) is 6.20 Å². The van der Waals surface area contributed by atoms with Gasteiger partial charge in [-0.2, -0.15) is 13.2 Å². The van der Waals surface area contributed by atoms with Crippen molar-refractivity contribution in [1.29, 1.82) is 0 Å². The number of carboxylic acids is 1. The standard InChI is InChI=1S/C18H14F3NO2/c1-11-6-12(8-13(7-11)18(19,20)21)9-22-10-15(17(23)24)14-4-2-3-5-16(14)22/h2-8,10H,9H2,1H3,(H,23,24). The Kier molecular flexibility index (Phi) is 3.83. The molecule has 1 N–H and O–H groups in total. The first-order valence-electron chi connectivity index (χ1n) is 7.24. The largest absolute Gasteiger partial charge is 0.478 e. The van der Waals surface area contributed by atoms with Crippen LogP contribution in [0.1, 0.15) is 27.0 Å². The molecule has 0 saturated carbocycles. The highest BCUT2D eigenvalue weighted by atomic mass is 19.4. The number of rotatable bonds is 3. The molecule has 0 spiro atoms. The smallest absolute Gasteiger partial charge is 0.416 e. The zero-order valence-electron chi connectivity index (χ0n) is 12.8. The maximum atomic E-state index is 13.0. The molecule has 2 aromatic carbocycles. The average Bonchev–Trinajstić information content (AvgIpc) is 2.85. The number of fused-ring (bicyclic) bond motifs is 1. The molecule has 0 bridgehead atoms. The SMILES string of the molecule is Cc1cc(Cn2cc(C(=O)O)c3ccccc32)cc(C(F)(F)F)c1. The van der Waals surface area contributed by atoms with E-state index < -0.39 is 17.7 Å². The molecule has 0 radical (unpaired) electrons. The number of para-hydroxylation sites is 1. The van der Waals surface area contributed by atoms with Crippen molar-refractivity contribution in [3.8, 4) is 0 Å². The van der Waals surface area contributed by atoms with Crippen molar-refractivity contribution < 1.29 is 23.1 Å². The van der Waals surface area contributed by atoms with E-state index in [0.717, 1.165) is 12.1 Å². The van der Waals surface area contributed by atoms with Gasteiger partial charge in [0.1, 0.15) is 0 Å². The molecule has 1 aromatic heterocycles. The van der Waals surface area contributed by atoms with Gasteiger partial charge in [0.15, 0.2) is 0 Å². The Morgan fingerprint density at radius 3 is 2.54 bits per heavy atom. The molecule has 0 fully saturated rings. The molecule has 24 heavy (non-hydrogen) atoms. The summed E-state index contributed by atoms with van der Waals surface area (Å²) in [4.78, 5) is 11.4. The highest BCUT2D eigenvalue weighted by Gasteiger charge is 2.30. The summed E-state index contributed by atoms with van der Waals surface area (Å²) in [6.07, 6.45) is -2.95. The lowest BCUT2D eigenvalue weighted by molar-refractivity contribution is -0.137. The summed E-state index contributed by atoms with van der Waals surface area (Å²) in [5.41, 5.74) is 1.08. The van der Waals surface area contributed by atoms with Gasteiger partial charge >= 0.3 is 12.1 Å². The van der Waals surface area contributed by atoms with E-state index in [0.29, 0.717) is 22.0 Å². The van der Waals surface area contributed by atoms with Crippen LogP contribution >= 0.6 is 0 Å². The maximum absolute atomic E-state index is 13.0. The first-order chi connectivity index (χ1) is 11.3. The normalized spacial score (nSPS) is 11.8. The Morgan fingerprint density at radius 2 is 1.88 bits per heavy atom. The molecule has 0 unspecified atom stereocenters. The number of aromatic nitrogens is 1. The second kappa shape index (κ2) is 5.70. The van der Waals surface area contributed by atoms with Crippen LogP contribution in [0.3, 0.4) is 0 Å². The third-order valence-electron chi connectivity index (χ3n) is 3.84. The number of carboxylic acid groups (broad SMARTS) is 1. The van der Waals surface area contributed by atoms with Gasteiger partial charge in [0, 0.05) is 23.6 Å². The second-order valence-electron chi connectivity index (χ2n) is 5.70. The summed E-state index contributed by atoms with van der Waals surface area (Å²) < 4.78 is 40.6. The first-order valence-corrected chi connectivity index (χ1v) is 7.24. The molecule has 0 aliphatic heterocycles. The molecule has 6 heteroatoms. The monoisotopic (exact) mass is 333 g/mol.